The third kappa shape index (κ3) is 4.98. The van der Waals surface area contributed by atoms with E-state index in [1.165, 1.54) is 0 Å². The molecule has 4 aromatic rings. The van der Waals surface area contributed by atoms with E-state index in [1.54, 1.807) is 13.3 Å². The summed E-state index contributed by atoms with van der Waals surface area (Å²) in [6.07, 6.45) is 2.60. The van der Waals surface area contributed by atoms with Crippen LogP contribution in [0.4, 0.5) is 0 Å². The van der Waals surface area contributed by atoms with Crippen LogP contribution in [0.2, 0.25) is 0 Å². The van der Waals surface area contributed by atoms with E-state index >= 15 is 0 Å². The molecule has 0 aliphatic carbocycles. The van der Waals surface area contributed by atoms with Gasteiger partial charge in [-0.25, -0.2) is 0 Å². The first-order chi connectivity index (χ1) is 15.5. The van der Waals surface area contributed by atoms with Crippen molar-refractivity contribution in [3.05, 3.63) is 84.1 Å². The van der Waals surface area contributed by atoms with E-state index in [4.69, 9.17) is 4.74 Å². The maximum Gasteiger partial charge on any atom is 0.251 e. The molecule has 0 bridgehead atoms. The van der Waals surface area contributed by atoms with Crippen molar-refractivity contribution in [3.63, 3.8) is 0 Å². The van der Waals surface area contributed by atoms with Gasteiger partial charge in [0.15, 0.2) is 0 Å². The summed E-state index contributed by atoms with van der Waals surface area (Å²) in [5.41, 5.74) is 4.69. The standard InChI is InChI=1S/C26H28N4O2/c1-30(2)13-12-24(20-7-5-9-23(16-20)32-3)28-26(31)21-8-4-6-18(14-21)19-10-11-25-22(15-19)17-27-29-25/h4-11,14-17,24H,12-13H2,1-3H3,(H,27,29)(H,28,31). The van der Waals surface area contributed by atoms with Gasteiger partial charge in [-0.3, -0.25) is 9.89 Å². The molecule has 164 valence electrons. The van der Waals surface area contributed by atoms with Crippen LogP contribution in [0.25, 0.3) is 22.0 Å². The molecule has 0 saturated heterocycles. The molecule has 0 radical (unpaired) electrons. The third-order valence-electron chi connectivity index (χ3n) is 5.56. The molecule has 0 fully saturated rings. The van der Waals surface area contributed by atoms with E-state index in [9.17, 15) is 4.79 Å². The molecular weight excluding hydrogens is 400 g/mol. The normalized spacial score (nSPS) is 12.1. The van der Waals surface area contributed by atoms with Crippen molar-refractivity contribution in [1.82, 2.24) is 20.4 Å². The summed E-state index contributed by atoms with van der Waals surface area (Å²) in [6.45, 7) is 0.854. The van der Waals surface area contributed by atoms with Crippen molar-refractivity contribution in [1.29, 1.82) is 0 Å². The van der Waals surface area contributed by atoms with Gasteiger partial charge in [-0.05, 0) is 80.1 Å². The summed E-state index contributed by atoms with van der Waals surface area (Å²) < 4.78 is 5.38. The Kier molecular flexibility index (Phi) is 6.52. The zero-order valence-electron chi connectivity index (χ0n) is 18.6. The molecule has 1 heterocycles. The molecule has 1 amide bonds. The Balaban J connectivity index is 1.58. The fraction of sp³-hybridized carbons (Fsp3) is 0.231. The van der Waals surface area contributed by atoms with Gasteiger partial charge in [0.1, 0.15) is 5.75 Å². The average molecular weight is 429 g/mol. The number of hydrogen-bond acceptors (Lipinski definition) is 4. The smallest absolute Gasteiger partial charge is 0.251 e. The highest BCUT2D eigenvalue weighted by molar-refractivity contribution is 5.96. The van der Waals surface area contributed by atoms with Gasteiger partial charge in [-0.1, -0.05) is 30.3 Å². The molecular formula is C26H28N4O2. The lowest BCUT2D eigenvalue weighted by molar-refractivity contribution is 0.0932. The Morgan fingerprint density at radius 1 is 1.06 bits per heavy atom. The Bertz CT molecular complexity index is 1220. The van der Waals surface area contributed by atoms with Crippen LogP contribution in [0.15, 0.2) is 72.9 Å². The van der Waals surface area contributed by atoms with Crippen LogP contribution < -0.4 is 10.1 Å². The largest absolute Gasteiger partial charge is 0.497 e. The van der Waals surface area contributed by atoms with E-state index in [0.717, 1.165) is 46.3 Å². The van der Waals surface area contributed by atoms with Crippen LogP contribution in [-0.2, 0) is 0 Å². The predicted octanol–water partition coefficient (Wildman–Crippen LogP) is 4.66. The van der Waals surface area contributed by atoms with Crippen LogP contribution in [0.5, 0.6) is 5.75 Å². The maximum absolute atomic E-state index is 13.2. The number of carbonyl (C=O) groups excluding carboxylic acids is 1. The summed E-state index contributed by atoms with van der Waals surface area (Å²) in [4.78, 5) is 15.3. The number of hydrogen-bond donors (Lipinski definition) is 2. The van der Waals surface area contributed by atoms with Crippen LogP contribution in [0, 0.1) is 0 Å². The van der Waals surface area contributed by atoms with Crippen molar-refractivity contribution in [2.24, 2.45) is 0 Å². The van der Waals surface area contributed by atoms with Crippen LogP contribution >= 0.6 is 0 Å². The highest BCUT2D eigenvalue weighted by atomic mass is 16.5. The number of nitrogens with one attached hydrogen (secondary N) is 2. The lowest BCUT2D eigenvalue weighted by Gasteiger charge is -2.22. The monoisotopic (exact) mass is 428 g/mol. The van der Waals surface area contributed by atoms with Gasteiger partial charge in [-0.2, -0.15) is 5.10 Å². The number of rotatable bonds is 8. The molecule has 1 unspecified atom stereocenters. The summed E-state index contributed by atoms with van der Waals surface area (Å²) in [6, 6.07) is 21.6. The summed E-state index contributed by atoms with van der Waals surface area (Å²) >= 11 is 0. The Morgan fingerprint density at radius 3 is 2.69 bits per heavy atom. The lowest BCUT2D eigenvalue weighted by atomic mass is 10.00. The molecule has 2 N–H and O–H groups in total. The zero-order valence-corrected chi connectivity index (χ0v) is 18.6. The van der Waals surface area contributed by atoms with Crippen LogP contribution in [-0.4, -0.2) is 48.8 Å². The molecule has 0 spiro atoms. The minimum Gasteiger partial charge on any atom is -0.497 e. The third-order valence-corrected chi connectivity index (χ3v) is 5.56. The van der Waals surface area contributed by atoms with E-state index in [2.05, 4.69) is 26.5 Å². The van der Waals surface area contributed by atoms with Gasteiger partial charge >= 0.3 is 0 Å². The van der Waals surface area contributed by atoms with Gasteiger partial charge in [-0.15, -0.1) is 0 Å². The second kappa shape index (κ2) is 9.66. The number of amides is 1. The number of benzene rings is 3. The van der Waals surface area contributed by atoms with E-state index in [-0.39, 0.29) is 11.9 Å². The Morgan fingerprint density at radius 2 is 1.88 bits per heavy atom. The first kappa shape index (κ1) is 21.6. The fourth-order valence-electron chi connectivity index (χ4n) is 3.77. The van der Waals surface area contributed by atoms with E-state index < -0.39 is 0 Å². The molecule has 6 heteroatoms. The first-order valence-electron chi connectivity index (χ1n) is 10.7. The van der Waals surface area contributed by atoms with Gasteiger partial charge in [0, 0.05) is 10.9 Å². The summed E-state index contributed by atoms with van der Waals surface area (Å²) in [5.74, 6) is 0.686. The molecule has 32 heavy (non-hydrogen) atoms. The highest BCUT2D eigenvalue weighted by Gasteiger charge is 2.17. The zero-order chi connectivity index (χ0) is 22.5. The number of H-pyrrole nitrogens is 1. The van der Waals surface area contributed by atoms with Crippen molar-refractivity contribution < 1.29 is 9.53 Å². The molecule has 4 rings (SSSR count). The lowest BCUT2D eigenvalue weighted by Crippen LogP contribution is -2.31. The number of fused-ring (bicyclic) bond motifs is 1. The molecule has 0 aliphatic heterocycles. The minimum absolute atomic E-state index is 0.0946. The molecule has 1 atom stereocenters. The first-order valence-corrected chi connectivity index (χ1v) is 10.7. The van der Waals surface area contributed by atoms with Crippen molar-refractivity contribution in [2.75, 3.05) is 27.7 Å². The number of carbonyl (C=O) groups is 1. The number of methoxy groups -OCH3 is 1. The summed E-state index contributed by atoms with van der Waals surface area (Å²) in [7, 11) is 5.72. The maximum atomic E-state index is 13.2. The average Bonchev–Trinajstić information content (AvgIpc) is 3.29. The van der Waals surface area contributed by atoms with Gasteiger partial charge < -0.3 is 15.0 Å². The van der Waals surface area contributed by atoms with Crippen LogP contribution in [0.1, 0.15) is 28.4 Å². The number of nitrogens with zero attached hydrogens (tertiary/aromatic N) is 2. The molecule has 0 saturated carbocycles. The minimum atomic E-state index is -0.120. The highest BCUT2D eigenvalue weighted by Crippen LogP contribution is 2.26. The Hall–Kier alpha value is -3.64. The predicted molar refractivity (Wildman–Crippen MR) is 128 cm³/mol. The molecule has 6 nitrogen and oxygen atoms in total. The molecule has 0 aliphatic rings. The molecule has 1 aromatic heterocycles. The second-order valence-corrected chi connectivity index (χ2v) is 8.15. The topological polar surface area (TPSA) is 70.2 Å². The quantitative estimate of drug-likeness (QED) is 0.428. The van der Waals surface area contributed by atoms with Crippen LogP contribution in [0.3, 0.4) is 0 Å². The number of ether oxygens (including phenoxy) is 1. The van der Waals surface area contributed by atoms with Crippen molar-refractivity contribution >= 4 is 16.8 Å². The Labute approximate surface area is 188 Å². The fourth-order valence-corrected chi connectivity index (χ4v) is 3.77. The summed E-state index contributed by atoms with van der Waals surface area (Å²) in [5, 5.41) is 11.3. The van der Waals surface area contributed by atoms with Gasteiger partial charge in [0.05, 0.1) is 24.9 Å². The SMILES string of the molecule is COc1cccc(C(CCN(C)C)NC(=O)c2cccc(-c3ccc4[nH]ncc4c3)c2)c1. The molecule has 3 aromatic carbocycles. The van der Waals surface area contributed by atoms with Gasteiger partial charge in [0.25, 0.3) is 5.91 Å². The van der Waals surface area contributed by atoms with Crippen molar-refractivity contribution in [3.8, 4) is 16.9 Å². The van der Waals surface area contributed by atoms with E-state index in [1.807, 2.05) is 74.8 Å². The second-order valence-electron chi connectivity index (χ2n) is 8.15. The van der Waals surface area contributed by atoms with Crippen molar-refractivity contribution in [2.45, 2.75) is 12.5 Å². The van der Waals surface area contributed by atoms with Gasteiger partial charge in [0.2, 0.25) is 0 Å². The number of aromatic amines is 1. The van der Waals surface area contributed by atoms with E-state index in [0.29, 0.717) is 5.56 Å². The number of aromatic nitrogens is 2.